The second-order valence-corrected chi connectivity index (χ2v) is 6.29. The first-order chi connectivity index (χ1) is 12.0. The molecule has 0 radical (unpaired) electrons. The fourth-order valence-electron chi connectivity index (χ4n) is 3.09. The Labute approximate surface area is 150 Å². The van der Waals surface area contributed by atoms with Gasteiger partial charge in [0.2, 0.25) is 0 Å². The molecule has 5 nitrogen and oxygen atoms in total. The number of ketones is 1. The van der Waals surface area contributed by atoms with Gasteiger partial charge in [0.05, 0.1) is 6.04 Å². The molecule has 0 bridgehead atoms. The van der Waals surface area contributed by atoms with Crippen molar-refractivity contribution in [3.63, 3.8) is 0 Å². The minimum atomic E-state index is -1.53. The molecule has 0 aliphatic heterocycles. The lowest BCUT2D eigenvalue weighted by molar-refractivity contribution is -0.158. The molecule has 2 aliphatic carbocycles. The van der Waals surface area contributed by atoms with Crippen LogP contribution in [0.1, 0.15) is 58.3 Å². The molecule has 1 atom stereocenters. The van der Waals surface area contributed by atoms with E-state index in [2.05, 4.69) is 6.58 Å². The Morgan fingerprint density at radius 1 is 1.24 bits per heavy atom. The largest absolute Gasteiger partial charge is 0.474 e. The van der Waals surface area contributed by atoms with E-state index in [0.717, 1.165) is 10.5 Å². The van der Waals surface area contributed by atoms with E-state index >= 15 is 0 Å². The highest BCUT2D eigenvalue weighted by Gasteiger charge is 2.33. The van der Waals surface area contributed by atoms with E-state index in [-0.39, 0.29) is 18.7 Å². The number of nitrogens with zero attached hydrogens (tertiary/aromatic N) is 1. The first-order valence-electron chi connectivity index (χ1n) is 9.06. The monoisotopic (exact) mass is 347 g/mol. The van der Waals surface area contributed by atoms with Crippen LogP contribution in [0.2, 0.25) is 0 Å². The maximum absolute atomic E-state index is 12.0. The van der Waals surface area contributed by atoms with Crippen molar-refractivity contribution in [2.45, 2.75) is 64.3 Å². The van der Waals surface area contributed by atoms with Crippen LogP contribution >= 0.6 is 0 Å². The van der Waals surface area contributed by atoms with Crippen molar-refractivity contribution in [2.75, 3.05) is 6.54 Å². The van der Waals surface area contributed by atoms with E-state index < -0.39 is 17.9 Å². The summed E-state index contributed by atoms with van der Waals surface area (Å²) in [6.45, 7) is 5.41. The Morgan fingerprint density at radius 3 is 2.20 bits per heavy atom. The lowest BCUT2D eigenvalue weighted by atomic mass is 9.92. The van der Waals surface area contributed by atoms with Gasteiger partial charge in [0.15, 0.2) is 5.78 Å². The Bertz CT molecular complexity index is 532. The Morgan fingerprint density at radius 2 is 1.80 bits per heavy atom. The van der Waals surface area contributed by atoms with Gasteiger partial charge in [-0.3, -0.25) is 9.59 Å². The molecule has 1 amide bonds. The van der Waals surface area contributed by atoms with Crippen molar-refractivity contribution in [3.05, 3.63) is 36.5 Å². The van der Waals surface area contributed by atoms with E-state index in [1.165, 1.54) is 38.5 Å². The molecular formula is C20H29NO4. The zero-order valence-electron chi connectivity index (χ0n) is 15.1. The second-order valence-electron chi connectivity index (χ2n) is 6.29. The molecule has 2 aliphatic rings. The Balaban J connectivity index is 0.000000435. The Hall–Kier alpha value is -2.17. The van der Waals surface area contributed by atoms with Crippen molar-refractivity contribution in [3.8, 4) is 0 Å². The van der Waals surface area contributed by atoms with Gasteiger partial charge in [-0.25, -0.2) is 4.79 Å². The van der Waals surface area contributed by atoms with Gasteiger partial charge in [0.1, 0.15) is 0 Å². The molecule has 1 fully saturated rings. The molecule has 1 unspecified atom stereocenters. The van der Waals surface area contributed by atoms with Crippen LogP contribution in [0.5, 0.6) is 0 Å². The van der Waals surface area contributed by atoms with Crippen LogP contribution in [0, 0.1) is 0 Å². The summed E-state index contributed by atoms with van der Waals surface area (Å²) in [5.74, 6) is -2.70. The number of hydrogen-bond acceptors (Lipinski definition) is 3. The third-order valence-corrected chi connectivity index (χ3v) is 4.46. The Kier molecular flexibility index (Phi) is 9.51. The van der Waals surface area contributed by atoms with E-state index in [9.17, 15) is 14.4 Å². The fourth-order valence-corrected chi connectivity index (χ4v) is 3.09. The predicted octanol–water partition coefficient (Wildman–Crippen LogP) is 3.66. The summed E-state index contributed by atoms with van der Waals surface area (Å²) < 4.78 is 0. The van der Waals surface area contributed by atoms with Crippen LogP contribution in [0.15, 0.2) is 36.5 Å². The summed E-state index contributed by atoms with van der Waals surface area (Å²) in [5.41, 5.74) is 0.861. The third-order valence-electron chi connectivity index (χ3n) is 4.46. The lowest BCUT2D eigenvalue weighted by Crippen LogP contribution is -2.48. The minimum absolute atomic E-state index is 0.136. The summed E-state index contributed by atoms with van der Waals surface area (Å²) in [5, 5.41) is 8.73. The highest BCUT2D eigenvalue weighted by molar-refractivity contribution is 6.31. The minimum Gasteiger partial charge on any atom is -0.474 e. The maximum Gasteiger partial charge on any atom is 0.394 e. The summed E-state index contributed by atoms with van der Waals surface area (Å²) in [7, 11) is 0. The standard InChI is InChI=1S/C14H17NO4.C6H12/c1-3-5-6-10-7-8-11(12(16)9-10)15(4-2)13(17)14(18)19;1-2-4-6-5-3-1/h3,5-7,11H,1,4,8-9H2,2H3,(H,18,19);1-6H2/b6-5-;. The average molecular weight is 347 g/mol. The van der Waals surface area contributed by atoms with Crippen molar-refractivity contribution in [1.82, 2.24) is 4.90 Å². The summed E-state index contributed by atoms with van der Waals surface area (Å²) in [6.07, 6.45) is 16.5. The van der Waals surface area contributed by atoms with Crippen molar-refractivity contribution in [1.29, 1.82) is 0 Å². The SMILES string of the molecule is C1CCCCC1.C=C/C=C\C1=CCC(N(CC)C(=O)C(=O)O)C(=O)C1. The van der Waals surface area contributed by atoms with Gasteiger partial charge < -0.3 is 10.0 Å². The first-order valence-corrected chi connectivity index (χ1v) is 9.06. The third kappa shape index (κ3) is 7.08. The number of carboxylic acids is 1. The lowest BCUT2D eigenvalue weighted by Gasteiger charge is -2.30. The molecule has 0 heterocycles. The van der Waals surface area contributed by atoms with Gasteiger partial charge in [-0.1, -0.05) is 69.4 Å². The number of likely N-dealkylation sites (N-methyl/N-ethyl adjacent to an activating group) is 1. The number of aliphatic carboxylic acids is 1. The van der Waals surface area contributed by atoms with Crippen LogP contribution < -0.4 is 0 Å². The van der Waals surface area contributed by atoms with Crippen LogP contribution in [0.25, 0.3) is 0 Å². The van der Waals surface area contributed by atoms with Gasteiger partial charge in [-0.15, -0.1) is 0 Å². The molecular weight excluding hydrogens is 318 g/mol. The van der Waals surface area contributed by atoms with Gasteiger partial charge in [0.25, 0.3) is 0 Å². The average Bonchev–Trinajstić information content (AvgIpc) is 2.63. The molecule has 5 heteroatoms. The molecule has 0 saturated heterocycles. The van der Waals surface area contributed by atoms with Crippen LogP contribution in [0.3, 0.4) is 0 Å². The number of amides is 1. The number of carboxylic acid groups (broad SMARTS) is 1. The second kappa shape index (κ2) is 11.4. The van der Waals surface area contributed by atoms with Crippen LogP contribution in [-0.2, 0) is 14.4 Å². The number of carbonyl (C=O) groups excluding carboxylic acids is 2. The highest BCUT2D eigenvalue weighted by atomic mass is 16.4. The number of rotatable bonds is 4. The molecule has 0 spiro atoms. The topological polar surface area (TPSA) is 74.7 Å². The van der Waals surface area contributed by atoms with Gasteiger partial charge in [-0.2, -0.15) is 0 Å². The number of hydrogen-bond donors (Lipinski definition) is 1. The first kappa shape index (κ1) is 20.9. The van der Waals surface area contributed by atoms with Crippen LogP contribution in [-0.4, -0.2) is 40.3 Å². The quantitative estimate of drug-likeness (QED) is 0.622. The molecule has 138 valence electrons. The van der Waals surface area contributed by atoms with E-state index in [1.807, 2.05) is 6.08 Å². The summed E-state index contributed by atoms with van der Waals surface area (Å²) in [6, 6.07) is -0.672. The van der Waals surface area contributed by atoms with E-state index in [4.69, 9.17) is 5.11 Å². The number of Topliss-reactive ketones (excluding diaryl/α,β-unsaturated/α-hetero) is 1. The molecule has 0 aromatic heterocycles. The molecule has 0 aromatic rings. The van der Waals surface area contributed by atoms with Crippen molar-refractivity contribution in [2.24, 2.45) is 0 Å². The molecule has 0 aromatic carbocycles. The molecule has 1 N–H and O–H groups in total. The molecule has 25 heavy (non-hydrogen) atoms. The number of carbonyl (C=O) groups is 3. The predicted molar refractivity (Wildman–Crippen MR) is 98.2 cm³/mol. The maximum atomic E-state index is 12.0. The zero-order chi connectivity index (χ0) is 18.7. The number of allylic oxidation sites excluding steroid dienone is 4. The van der Waals surface area contributed by atoms with Crippen LogP contribution in [0.4, 0.5) is 0 Å². The molecule has 2 rings (SSSR count). The van der Waals surface area contributed by atoms with Gasteiger partial charge >= 0.3 is 11.9 Å². The normalized spacial score (nSPS) is 20.3. The van der Waals surface area contributed by atoms with E-state index in [1.54, 1.807) is 25.2 Å². The van der Waals surface area contributed by atoms with E-state index in [0.29, 0.717) is 6.42 Å². The zero-order valence-corrected chi connectivity index (χ0v) is 15.1. The van der Waals surface area contributed by atoms with Gasteiger partial charge in [-0.05, 0) is 18.9 Å². The van der Waals surface area contributed by atoms with Gasteiger partial charge in [0, 0.05) is 13.0 Å². The smallest absolute Gasteiger partial charge is 0.394 e. The van der Waals surface area contributed by atoms with Crippen molar-refractivity contribution < 1.29 is 19.5 Å². The summed E-state index contributed by atoms with van der Waals surface area (Å²) in [4.78, 5) is 35.3. The molecule has 1 saturated carbocycles. The fraction of sp³-hybridized carbons (Fsp3) is 0.550. The highest BCUT2D eigenvalue weighted by Crippen LogP contribution is 2.21. The van der Waals surface area contributed by atoms with Crippen molar-refractivity contribution >= 4 is 17.7 Å². The summed E-state index contributed by atoms with van der Waals surface area (Å²) >= 11 is 0.